The van der Waals surface area contributed by atoms with E-state index in [1.54, 1.807) is 0 Å². The highest BCUT2D eigenvalue weighted by Gasteiger charge is 2.24. The Morgan fingerprint density at radius 1 is 1.24 bits per heavy atom. The number of nitrogens with zero attached hydrogens (tertiary/aromatic N) is 5. The Morgan fingerprint density at radius 3 is 2.79 bits per heavy atom. The van der Waals surface area contributed by atoms with Gasteiger partial charge in [0.05, 0.1) is 28.6 Å². The molecule has 1 fully saturated rings. The van der Waals surface area contributed by atoms with Crippen LogP contribution in [0.2, 0.25) is 0 Å². The molecule has 1 N–H and O–H groups in total. The second kappa shape index (κ2) is 7.93. The van der Waals surface area contributed by atoms with Crippen molar-refractivity contribution in [1.29, 1.82) is 0 Å². The third-order valence-corrected chi connectivity index (χ3v) is 6.08. The van der Waals surface area contributed by atoms with Crippen molar-refractivity contribution in [3.8, 4) is 0 Å². The summed E-state index contributed by atoms with van der Waals surface area (Å²) in [7, 11) is 6.11. The third kappa shape index (κ3) is 3.63. The van der Waals surface area contributed by atoms with Crippen LogP contribution in [0.4, 0.5) is 23.1 Å². The van der Waals surface area contributed by atoms with Crippen LogP contribution in [0, 0.1) is 6.92 Å². The molecule has 0 saturated carbocycles. The standard InChI is InChI=1S/C23H32N6/c1-6-17-10-7-8-13-29(17)20-12-9-11-18-22(20)28(5)23(25-18)26-19-15-24-21(27(3)4)14-16(19)2/h9,11-12,14-15,17H,6-8,10,13H2,1-5H3,(H,25,26). The van der Waals surface area contributed by atoms with Gasteiger partial charge in [0, 0.05) is 33.7 Å². The van der Waals surface area contributed by atoms with Crippen molar-refractivity contribution >= 4 is 34.2 Å². The predicted molar refractivity (Wildman–Crippen MR) is 123 cm³/mol. The van der Waals surface area contributed by atoms with E-state index in [1.165, 1.54) is 36.9 Å². The summed E-state index contributed by atoms with van der Waals surface area (Å²) >= 11 is 0. The smallest absolute Gasteiger partial charge is 0.208 e. The van der Waals surface area contributed by atoms with Gasteiger partial charge in [-0.05, 0) is 56.4 Å². The second-order valence-electron chi connectivity index (χ2n) is 8.27. The van der Waals surface area contributed by atoms with Gasteiger partial charge in [0.2, 0.25) is 5.95 Å². The molecule has 1 atom stereocenters. The van der Waals surface area contributed by atoms with E-state index < -0.39 is 0 Å². The van der Waals surface area contributed by atoms with Gasteiger partial charge in [-0.1, -0.05) is 13.0 Å². The Balaban J connectivity index is 1.72. The molecule has 0 radical (unpaired) electrons. The predicted octanol–water partition coefficient (Wildman–Crippen LogP) is 4.86. The number of aromatic nitrogens is 3. The fourth-order valence-corrected chi connectivity index (χ4v) is 4.37. The van der Waals surface area contributed by atoms with E-state index >= 15 is 0 Å². The van der Waals surface area contributed by atoms with Crippen LogP contribution >= 0.6 is 0 Å². The minimum absolute atomic E-state index is 0.616. The zero-order chi connectivity index (χ0) is 20.5. The molecule has 0 amide bonds. The van der Waals surface area contributed by atoms with E-state index in [4.69, 9.17) is 4.98 Å². The number of anilines is 4. The van der Waals surface area contributed by atoms with Gasteiger partial charge in [-0.15, -0.1) is 0 Å². The average Bonchev–Trinajstić information content (AvgIpc) is 3.05. The van der Waals surface area contributed by atoms with Crippen molar-refractivity contribution in [2.24, 2.45) is 7.05 Å². The lowest BCUT2D eigenvalue weighted by atomic mass is 9.99. The van der Waals surface area contributed by atoms with E-state index in [1.807, 2.05) is 25.2 Å². The minimum Gasteiger partial charge on any atom is -0.367 e. The van der Waals surface area contributed by atoms with Gasteiger partial charge in [-0.3, -0.25) is 0 Å². The molecular weight excluding hydrogens is 360 g/mol. The molecule has 1 aliphatic heterocycles. The van der Waals surface area contributed by atoms with Crippen molar-refractivity contribution < 1.29 is 0 Å². The highest BCUT2D eigenvalue weighted by Crippen LogP contribution is 2.34. The number of fused-ring (bicyclic) bond motifs is 1. The molecule has 1 unspecified atom stereocenters. The van der Waals surface area contributed by atoms with Gasteiger partial charge in [-0.2, -0.15) is 0 Å². The van der Waals surface area contributed by atoms with E-state index in [0.29, 0.717) is 6.04 Å². The van der Waals surface area contributed by atoms with E-state index in [-0.39, 0.29) is 0 Å². The summed E-state index contributed by atoms with van der Waals surface area (Å²) in [6.07, 6.45) is 6.95. The number of para-hydroxylation sites is 1. The molecule has 29 heavy (non-hydrogen) atoms. The number of hydrogen-bond donors (Lipinski definition) is 1. The number of imidazole rings is 1. The number of pyridine rings is 1. The zero-order valence-corrected chi connectivity index (χ0v) is 18.2. The molecular formula is C23H32N6. The van der Waals surface area contributed by atoms with Crippen LogP contribution in [0.3, 0.4) is 0 Å². The molecule has 4 rings (SSSR count). The van der Waals surface area contributed by atoms with E-state index in [2.05, 4.69) is 64.9 Å². The highest BCUT2D eigenvalue weighted by molar-refractivity contribution is 5.91. The lowest BCUT2D eigenvalue weighted by Crippen LogP contribution is -2.39. The Labute approximate surface area is 173 Å². The number of piperidine rings is 1. The number of rotatable bonds is 5. The van der Waals surface area contributed by atoms with Gasteiger partial charge < -0.3 is 19.7 Å². The maximum absolute atomic E-state index is 4.90. The first-order valence-electron chi connectivity index (χ1n) is 10.6. The zero-order valence-electron chi connectivity index (χ0n) is 18.2. The van der Waals surface area contributed by atoms with Crippen molar-refractivity contribution in [3.63, 3.8) is 0 Å². The summed E-state index contributed by atoms with van der Waals surface area (Å²) in [4.78, 5) is 14.1. The molecule has 3 aromatic rings. The number of aryl methyl sites for hydroxylation is 2. The van der Waals surface area contributed by atoms with Crippen molar-refractivity contribution in [1.82, 2.24) is 14.5 Å². The van der Waals surface area contributed by atoms with Crippen LogP contribution in [-0.2, 0) is 7.05 Å². The molecule has 0 aliphatic carbocycles. The summed E-state index contributed by atoms with van der Waals surface area (Å²) in [5.41, 5.74) is 5.67. The quantitative estimate of drug-likeness (QED) is 0.672. The average molecular weight is 393 g/mol. The molecule has 6 heteroatoms. The van der Waals surface area contributed by atoms with Crippen molar-refractivity contribution in [3.05, 3.63) is 36.0 Å². The molecule has 3 heterocycles. The molecule has 2 aromatic heterocycles. The summed E-state index contributed by atoms with van der Waals surface area (Å²) in [5.74, 6) is 1.80. The van der Waals surface area contributed by atoms with Crippen molar-refractivity contribution in [2.75, 3.05) is 35.8 Å². The van der Waals surface area contributed by atoms with Crippen LogP contribution in [0.5, 0.6) is 0 Å². The summed E-state index contributed by atoms with van der Waals surface area (Å²) < 4.78 is 2.19. The second-order valence-corrected chi connectivity index (χ2v) is 8.27. The van der Waals surface area contributed by atoms with Gasteiger partial charge >= 0.3 is 0 Å². The summed E-state index contributed by atoms with van der Waals surface area (Å²) in [6.45, 7) is 5.53. The largest absolute Gasteiger partial charge is 0.367 e. The van der Waals surface area contributed by atoms with Gasteiger partial charge in [-0.25, -0.2) is 9.97 Å². The molecule has 6 nitrogen and oxygen atoms in total. The van der Waals surface area contributed by atoms with Crippen LogP contribution in [0.25, 0.3) is 11.0 Å². The van der Waals surface area contributed by atoms with Crippen molar-refractivity contribution in [2.45, 2.75) is 45.6 Å². The Morgan fingerprint density at radius 2 is 2.07 bits per heavy atom. The minimum atomic E-state index is 0.616. The Bertz CT molecular complexity index is 1010. The van der Waals surface area contributed by atoms with Crippen LogP contribution in [0.1, 0.15) is 38.2 Å². The van der Waals surface area contributed by atoms with Gasteiger partial charge in [0.15, 0.2) is 0 Å². The normalized spacial score (nSPS) is 17.0. The Kier molecular flexibility index (Phi) is 5.35. The molecule has 0 bridgehead atoms. The monoisotopic (exact) mass is 392 g/mol. The van der Waals surface area contributed by atoms with E-state index in [0.717, 1.165) is 35.1 Å². The van der Waals surface area contributed by atoms with Crippen LogP contribution < -0.4 is 15.1 Å². The topological polar surface area (TPSA) is 49.2 Å². The fourth-order valence-electron chi connectivity index (χ4n) is 4.37. The Hall–Kier alpha value is -2.76. The van der Waals surface area contributed by atoms with E-state index in [9.17, 15) is 0 Å². The van der Waals surface area contributed by atoms with Crippen LogP contribution in [0.15, 0.2) is 30.5 Å². The SMILES string of the molecule is CCC1CCCCN1c1cccc2nc(Nc3cnc(N(C)C)cc3C)n(C)c12. The molecule has 1 saturated heterocycles. The number of benzene rings is 1. The first kappa shape index (κ1) is 19.6. The molecule has 1 aromatic carbocycles. The lowest BCUT2D eigenvalue weighted by molar-refractivity contribution is 0.450. The molecule has 154 valence electrons. The summed E-state index contributed by atoms with van der Waals surface area (Å²) in [5, 5.41) is 3.50. The highest BCUT2D eigenvalue weighted by atomic mass is 15.2. The third-order valence-electron chi connectivity index (χ3n) is 6.08. The maximum atomic E-state index is 4.90. The number of hydrogen-bond acceptors (Lipinski definition) is 5. The molecule has 1 aliphatic rings. The van der Waals surface area contributed by atoms with Gasteiger partial charge in [0.25, 0.3) is 0 Å². The van der Waals surface area contributed by atoms with Crippen LogP contribution in [-0.4, -0.2) is 41.2 Å². The fraction of sp³-hybridized carbons (Fsp3) is 0.478. The molecule has 0 spiro atoms. The first-order chi connectivity index (χ1) is 14.0. The number of nitrogens with one attached hydrogen (secondary N) is 1. The maximum Gasteiger partial charge on any atom is 0.208 e. The lowest BCUT2D eigenvalue weighted by Gasteiger charge is -2.37. The summed E-state index contributed by atoms with van der Waals surface area (Å²) in [6, 6.07) is 9.20. The first-order valence-corrected chi connectivity index (χ1v) is 10.6. The van der Waals surface area contributed by atoms with Gasteiger partial charge in [0.1, 0.15) is 5.82 Å².